The predicted octanol–water partition coefficient (Wildman–Crippen LogP) is 4.31. The number of nitrogens with one attached hydrogen (secondary N) is 3. The highest BCUT2D eigenvalue weighted by Gasteiger charge is 2.24. The fraction of sp³-hybridized carbons (Fsp3) is 0.250. The average molecular weight is 493 g/mol. The Morgan fingerprint density at radius 2 is 2.16 bits per heavy atom. The van der Waals surface area contributed by atoms with Gasteiger partial charge in [0.1, 0.15) is 0 Å². The lowest BCUT2D eigenvalue weighted by Gasteiger charge is -2.17. The maximum absolute atomic E-state index is 12.9. The molecule has 1 aliphatic carbocycles. The van der Waals surface area contributed by atoms with Crippen molar-refractivity contribution in [2.45, 2.75) is 24.3 Å². The van der Waals surface area contributed by atoms with Gasteiger partial charge in [0.2, 0.25) is 5.88 Å². The fourth-order valence-corrected chi connectivity index (χ4v) is 5.71. The first-order valence-corrected chi connectivity index (χ1v) is 13.2. The number of amides is 2. The Balaban J connectivity index is 1.67. The number of halogens is 1. The second-order valence-corrected chi connectivity index (χ2v) is 10.1. The topological polar surface area (TPSA) is 122 Å². The van der Waals surface area contributed by atoms with Crippen LogP contribution >= 0.6 is 20.3 Å². The van der Waals surface area contributed by atoms with Crippen LogP contribution in [0.5, 0.6) is 5.88 Å². The number of aryl methyl sites for hydroxylation is 1. The Hall–Kier alpha value is -2.68. The Labute approximate surface area is 192 Å². The van der Waals surface area contributed by atoms with E-state index >= 15 is 0 Å². The summed E-state index contributed by atoms with van der Waals surface area (Å²) in [4.78, 5) is 17.0. The summed E-state index contributed by atoms with van der Waals surface area (Å²) in [6.45, 7) is 1.87. The summed E-state index contributed by atoms with van der Waals surface area (Å²) in [5.41, 5.74) is 4.40. The normalized spacial score (nSPS) is 14.8. The van der Waals surface area contributed by atoms with E-state index in [9.17, 15) is 9.00 Å². The maximum Gasteiger partial charge on any atom is 0.332 e. The van der Waals surface area contributed by atoms with Gasteiger partial charge in [-0.2, -0.15) is 5.10 Å². The van der Waals surface area contributed by atoms with Crippen LogP contribution in [0.15, 0.2) is 41.7 Å². The Bertz CT molecular complexity index is 1290. The molecule has 3 aromatic rings. The molecular weight excluding hydrogens is 471 g/mol. The summed E-state index contributed by atoms with van der Waals surface area (Å²) >= 11 is 6.09. The zero-order chi connectivity index (χ0) is 22.9. The number of carbonyl (C=O) groups excluding carboxylic acids is 1. The first-order chi connectivity index (χ1) is 15.3. The van der Waals surface area contributed by atoms with Gasteiger partial charge in [0.15, 0.2) is 14.9 Å². The first-order valence-electron chi connectivity index (χ1n) is 9.78. The van der Waals surface area contributed by atoms with Gasteiger partial charge in [-0.25, -0.2) is 23.5 Å². The number of rotatable bonds is 6. The van der Waals surface area contributed by atoms with E-state index in [1.807, 2.05) is 18.8 Å². The number of hydrogen-bond acceptors (Lipinski definition) is 6. The Morgan fingerprint density at radius 3 is 2.88 bits per heavy atom. The Kier molecular flexibility index (Phi) is 6.37. The number of ether oxygens (including phenoxy) is 1. The minimum atomic E-state index is -3.75. The van der Waals surface area contributed by atoms with E-state index in [0.717, 1.165) is 41.5 Å². The van der Waals surface area contributed by atoms with E-state index < -0.39 is 15.9 Å². The molecule has 0 bridgehead atoms. The van der Waals surface area contributed by atoms with Crippen molar-refractivity contribution in [2.24, 2.45) is 0 Å². The standard InChI is InChI=1S/C20H22ClN6O3PS/c1-30-17-10-13(8-9-23-17)15-7-6-12-4-3-5-14(12)18(15)24-20(28)26-32(22,29)19-16(21)11-27(25-19)31-2/h6-11,31H,3-5H2,1-2H3,(H3,22,24,26,28,29). The van der Waals surface area contributed by atoms with Crippen molar-refractivity contribution in [3.05, 3.63) is 52.8 Å². The number of pyridine rings is 1. The second-order valence-electron chi connectivity index (χ2n) is 7.13. The Morgan fingerprint density at radius 1 is 1.34 bits per heavy atom. The van der Waals surface area contributed by atoms with Crippen LogP contribution in [0, 0.1) is 4.78 Å². The molecule has 2 atom stereocenters. The van der Waals surface area contributed by atoms with Crippen molar-refractivity contribution in [2.75, 3.05) is 19.1 Å². The molecule has 12 heteroatoms. The predicted molar refractivity (Wildman–Crippen MR) is 126 cm³/mol. The van der Waals surface area contributed by atoms with Crippen LogP contribution in [0.3, 0.4) is 0 Å². The number of urea groups is 1. The minimum absolute atomic E-state index is 0.0739. The summed E-state index contributed by atoms with van der Waals surface area (Å²) < 4.78 is 30.1. The van der Waals surface area contributed by atoms with Crippen LogP contribution in [0.25, 0.3) is 11.1 Å². The molecule has 2 unspecified atom stereocenters. The van der Waals surface area contributed by atoms with Gasteiger partial charge in [-0.3, -0.25) is 4.45 Å². The van der Waals surface area contributed by atoms with Crippen molar-refractivity contribution in [3.63, 3.8) is 0 Å². The van der Waals surface area contributed by atoms with E-state index in [4.69, 9.17) is 21.1 Å². The molecule has 0 radical (unpaired) electrons. The lowest BCUT2D eigenvalue weighted by molar-refractivity contribution is 0.256. The molecule has 0 fully saturated rings. The van der Waals surface area contributed by atoms with Crippen molar-refractivity contribution in [1.82, 2.24) is 19.3 Å². The highest BCUT2D eigenvalue weighted by Crippen LogP contribution is 2.38. The number of hydrogen-bond donors (Lipinski definition) is 3. The van der Waals surface area contributed by atoms with Crippen LogP contribution in [0.2, 0.25) is 5.02 Å². The molecule has 168 valence electrons. The third kappa shape index (κ3) is 4.44. The van der Waals surface area contributed by atoms with E-state index in [2.05, 4.69) is 26.2 Å². The molecule has 3 N–H and O–H groups in total. The third-order valence-corrected chi connectivity index (χ3v) is 7.55. The van der Waals surface area contributed by atoms with E-state index in [0.29, 0.717) is 11.6 Å². The van der Waals surface area contributed by atoms with E-state index in [1.54, 1.807) is 12.3 Å². The number of benzene rings is 1. The molecule has 2 heterocycles. The van der Waals surface area contributed by atoms with Gasteiger partial charge in [-0.1, -0.05) is 23.7 Å². The summed E-state index contributed by atoms with van der Waals surface area (Å²) in [7, 11) is -1.96. The number of nitrogens with zero attached hydrogens (tertiary/aromatic N) is 3. The number of methoxy groups -OCH3 is 1. The zero-order valence-corrected chi connectivity index (χ0v) is 20.0. The molecule has 1 aromatic carbocycles. The van der Waals surface area contributed by atoms with Crippen molar-refractivity contribution in [1.29, 1.82) is 4.78 Å². The van der Waals surface area contributed by atoms with Gasteiger partial charge >= 0.3 is 6.03 Å². The van der Waals surface area contributed by atoms with Gasteiger partial charge in [0.05, 0.1) is 17.8 Å². The lowest BCUT2D eigenvalue weighted by Crippen LogP contribution is -2.34. The highest BCUT2D eigenvalue weighted by atomic mass is 35.5. The molecule has 0 saturated carbocycles. The van der Waals surface area contributed by atoms with Crippen LogP contribution < -0.4 is 14.8 Å². The van der Waals surface area contributed by atoms with Crippen LogP contribution in [0.1, 0.15) is 17.5 Å². The molecule has 0 spiro atoms. The number of fused-ring (bicyclic) bond motifs is 1. The third-order valence-electron chi connectivity index (χ3n) is 5.15. The maximum atomic E-state index is 12.9. The number of aromatic nitrogens is 3. The molecule has 1 aliphatic rings. The van der Waals surface area contributed by atoms with Gasteiger partial charge < -0.3 is 10.1 Å². The average Bonchev–Trinajstić information content (AvgIpc) is 3.40. The molecule has 2 amide bonds. The molecule has 9 nitrogen and oxygen atoms in total. The number of carbonyl (C=O) groups is 1. The lowest BCUT2D eigenvalue weighted by atomic mass is 9.98. The molecular formula is C20H22ClN6O3PS. The SMILES string of the molecule is COc1cc(-c2ccc3c(c2NC(=O)NS(=N)(=O)c2nn(PC)cc2Cl)CCC3)ccn1. The van der Waals surface area contributed by atoms with E-state index in [-0.39, 0.29) is 18.8 Å². The summed E-state index contributed by atoms with van der Waals surface area (Å²) in [5, 5.41) is 6.81. The van der Waals surface area contributed by atoms with Gasteiger partial charge in [-0.05, 0) is 57.4 Å². The zero-order valence-electron chi connectivity index (χ0n) is 17.4. The number of anilines is 1. The van der Waals surface area contributed by atoms with Crippen LogP contribution in [-0.4, -0.2) is 38.5 Å². The molecule has 4 rings (SSSR count). The van der Waals surface area contributed by atoms with Crippen molar-refractivity contribution < 1.29 is 13.7 Å². The molecule has 2 aromatic heterocycles. The van der Waals surface area contributed by atoms with Crippen LogP contribution in [0.4, 0.5) is 10.5 Å². The molecule has 32 heavy (non-hydrogen) atoms. The first kappa shape index (κ1) is 22.5. The smallest absolute Gasteiger partial charge is 0.332 e. The molecule has 0 aliphatic heterocycles. The van der Waals surface area contributed by atoms with Gasteiger partial charge in [-0.15, -0.1) is 0 Å². The minimum Gasteiger partial charge on any atom is -0.481 e. The second kappa shape index (κ2) is 9.05. The quantitative estimate of drug-likeness (QED) is 0.442. The fourth-order valence-electron chi connectivity index (χ4n) is 3.70. The van der Waals surface area contributed by atoms with Crippen molar-refractivity contribution >= 4 is 42.0 Å². The summed E-state index contributed by atoms with van der Waals surface area (Å²) in [6, 6.07) is 6.84. The monoisotopic (exact) mass is 492 g/mol. The highest BCUT2D eigenvalue weighted by molar-refractivity contribution is 7.91. The molecule has 0 saturated heterocycles. The summed E-state index contributed by atoms with van der Waals surface area (Å²) in [5.74, 6) is 0.453. The van der Waals surface area contributed by atoms with Crippen LogP contribution in [-0.2, 0) is 22.8 Å². The largest absolute Gasteiger partial charge is 0.481 e. The van der Waals surface area contributed by atoms with E-state index in [1.165, 1.54) is 17.8 Å². The van der Waals surface area contributed by atoms with Gasteiger partial charge in [0, 0.05) is 24.0 Å². The summed E-state index contributed by atoms with van der Waals surface area (Å²) in [6.07, 6.45) is 5.84. The van der Waals surface area contributed by atoms with Crippen molar-refractivity contribution in [3.8, 4) is 17.0 Å². The van der Waals surface area contributed by atoms with Gasteiger partial charge in [0.25, 0.3) is 0 Å².